The summed E-state index contributed by atoms with van der Waals surface area (Å²) in [6, 6.07) is 9.50. The van der Waals surface area contributed by atoms with Gasteiger partial charge in [-0.2, -0.15) is 10.4 Å². The largest absolute Gasteiger partial charge is 0.288 e. The van der Waals surface area contributed by atoms with Crippen LogP contribution in [0, 0.1) is 11.3 Å². The molecule has 2 aromatic rings. The van der Waals surface area contributed by atoms with Crippen LogP contribution in [0.5, 0.6) is 0 Å². The number of aryl methyl sites for hydroxylation is 1. The molecular formula is C20H23N3O. The molecule has 2 rings (SSSR count). The van der Waals surface area contributed by atoms with Gasteiger partial charge in [0.2, 0.25) is 5.78 Å². The van der Waals surface area contributed by atoms with Gasteiger partial charge in [-0.3, -0.25) is 9.89 Å². The van der Waals surface area contributed by atoms with Crippen molar-refractivity contribution in [3.05, 3.63) is 58.4 Å². The van der Waals surface area contributed by atoms with Gasteiger partial charge in [0, 0.05) is 22.2 Å². The Hall–Kier alpha value is -2.67. The Bertz CT molecular complexity index is 784. The minimum Gasteiger partial charge on any atom is -0.288 e. The monoisotopic (exact) mass is 321 g/mol. The first-order chi connectivity index (χ1) is 11.4. The molecule has 0 aliphatic carbocycles. The van der Waals surface area contributed by atoms with E-state index >= 15 is 0 Å². The Morgan fingerprint density at radius 2 is 1.96 bits per heavy atom. The number of carbonyl (C=O) groups excluding carboxylic acids is 1. The molecule has 4 nitrogen and oxygen atoms in total. The first kappa shape index (κ1) is 17.7. The second kappa shape index (κ2) is 7.27. The molecule has 0 atom stereocenters. The Morgan fingerprint density at radius 3 is 2.50 bits per heavy atom. The Labute approximate surface area is 143 Å². The van der Waals surface area contributed by atoms with Gasteiger partial charge in [-0.25, -0.2) is 0 Å². The first-order valence-corrected chi connectivity index (χ1v) is 8.16. The molecule has 4 heteroatoms. The van der Waals surface area contributed by atoms with E-state index in [0.29, 0.717) is 5.56 Å². The van der Waals surface area contributed by atoms with Crippen LogP contribution in [0.15, 0.2) is 36.0 Å². The van der Waals surface area contributed by atoms with Crippen LogP contribution in [0.3, 0.4) is 0 Å². The van der Waals surface area contributed by atoms with Gasteiger partial charge in [-0.05, 0) is 18.1 Å². The van der Waals surface area contributed by atoms with E-state index in [1.165, 1.54) is 5.56 Å². The lowest BCUT2D eigenvalue weighted by Crippen LogP contribution is -2.13. The highest BCUT2D eigenvalue weighted by molar-refractivity contribution is 6.14. The molecule has 1 aromatic heterocycles. The molecule has 1 aromatic carbocycles. The summed E-state index contributed by atoms with van der Waals surface area (Å²) in [7, 11) is 0. The van der Waals surface area contributed by atoms with Crippen LogP contribution < -0.4 is 0 Å². The van der Waals surface area contributed by atoms with E-state index < -0.39 is 0 Å². The lowest BCUT2D eigenvalue weighted by atomic mass is 9.88. The van der Waals surface area contributed by atoms with E-state index in [9.17, 15) is 10.1 Å². The van der Waals surface area contributed by atoms with Gasteiger partial charge < -0.3 is 0 Å². The summed E-state index contributed by atoms with van der Waals surface area (Å²) < 4.78 is 0. The number of allylic oxidation sites excluding steroid dienone is 1. The number of aromatic amines is 1. The van der Waals surface area contributed by atoms with Crippen molar-refractivity contribution in [2.45, 2.75) is 46.0 Å². The second-order valence-electron chi connectivity index (χ2n) is 6.90. The highest BCUT2D eigenvalue weighted by atomic mass is 16.1. The van der Waals surface area contributed by atoms with Crippen molar-refractivity contribution in [1.29, 1.82) is 5.26 Å². The zero-order valence-corrected chi connectivity index (χ0v) is 14.7. The number of carbonyl (C=O) groups is 1. The quantitative estimate of drug-likeness (QED) is 0.502. The zero-order valence-electron chi connectivity index (χ0n) is 14.7. The molecule has 0 amide bonds. The fourth-order valence-electron chi connectivity index (χ4n) is 2.58. The molecule has 24 heavy (non-hydrogen) atoms. The van der Waals surface area contributed by atoms with Gasteiger partial charge in [-0.1, -0.05) is 58.4 Å². The number of Topliss-reactive ketones (excluding diaryl/α,β-unsaturated/α-hetero) is 1. The number of hydrogen-bond donors (Lipinski definition) is 1. The third kappa shape index (κ3) is 3.99. The number of H-pyrrole nitrogens is 1. The number of aromatic nitrogens is 2. The predicted octanol–water partition coefficient (Wildman–Crippen LogP) is 4.45. The van der Waals surface area contributed by atoms with Crippen molar-refractivity contribution in [2.24, 2.45) is 0 Å². The highest BCUT2D eigenvalue weighted by Gasteiger charge is 2.20. The van der Waals surface area contributed by atoms with E-state index in [2.05, 4.69) is 37.9 Å². The van der Waals surface area contributed by atoms with Crippen LogP contribution in [0.4, 0.5) is 0 Å². The number of benzene rings is 1. The molecule has 0 aliphatic heterocycles. The maximum atomic E-state index is 12.6. The van der Waals surface area contributed by atoms with Gasteiger partial charge >= 0.3 is 0 Å². The molecule has 0 radical (unpaired) electrons. The Balaban J connectivity index is 2.33. The maximum Gasteiger partial charge on any atom is 0.203 e. The third-order valence-corrected chi connectivity index (χ3v) is 3.84. The first-order valence-electron chi connectivity index (χ1n) is 8.16. The van der Waals surface area contributed by atoms with E-state index in [0.717, 1.165) is 24.1 Å². The molecule has 1 N–H and O–H groups in total. The van der Waals surface area contributed by atoms with E-state index in [-0.39, 0.29) is 16.8 Å². The van der Waals surface area contributed by atoms with Crippen LogP contribution in [-0.2, 0) is 11.8 Å². The zero-order chi connectivity index (χ0) is 17.7. The van der Waals surface area contributed by atoms with Gasteiger partial charge in [0.05, 0.1) is 6.20 Å². The standard InChI is InChI=1S/C20H23N3O/c1-5-6-14-7-9-15(10-8-14)18(24)16(12-21)11-17-13-22-23-19(17)20(2,3)4/h7-11,13H,5-6H2,1-4H3,(H,22,23). The van der Waals surface area contributed by atoms with E-state index in [4.69, 9.17) is 0 Å². The number of nitrogens with one attached hydrogen (secondary N) is 1. The Kier molecular flexibility index (Phi) is 5.35. The van der Waals surface area contributed by atoms with Crippen molar-refractivity contribution < 1.29 is 4.79 Å². The summed E-state index contributed by atoms with van der Waals surface area (Å²) in [5.74, 6) is -0.262. The summed E-state index contributed by atoms with van der Waals surface area (Å²) in [6.45, 7) is 8.28. The van der Waals surface area contributed by atoms with Crippen LogP contribution in [-0.4, -0.2) is 16.0 Å². The third-order valence-electron chi connectivity index (χ3n) is 3.84. The van der Waals surface area contributed by atoms with Crippen molar-refractivity contribution in [2.75, 3.05) is 0 Å². The van der Waals surface area contributed by atoms with Gasteiger partial charge in [0.15, 0.2) is 0 Å². The van der Waals surface area contributed by atoms with Gasteiger partial charge in [0.1, 0.15) is 11.6 Å². The lowest BCUT2D eigenvalue weighted by molar-refractivity contribution is 0.104. The molecular weight excluding hydrogens is 298 g/mol. The maximum absolute atomic E-state index is 12.6. The van der Waals surface area contributed by atoms with Crippen LogP contribution in [0.25, 0.3) is 6.08 Å². The second-order valence-corrected chi connectivity index (χ2v) is 6.90. The van der Waals surface area contributed by atoms with E-state index in [1.54, 1.807) is 24.4 Å². The van der Waals surface area contributed by atoms with Crippen LogP contribution in [0.1, 0.15) is 61.3 Å². The predicted molar refractivity (Wildman–Crippen MR) is 95.6 cm³/mol. The normalized spacial score (nSPS) is 12.0. The average molecular weight is 321 g/mol. The molecule has 0 spiro atoms. The number of hydrogen-bond acceptors (Lipinski definition) is 3. The smallest absolute Gasteiger partial charge is 0.203 e. The number of nitrogens with zero attached hydrogens (tertiary/aromatic N) is 2. The summed E-state index contributed by atoms with van der Waals surface area (Å²) >= 11 is 0. The van der Waals surface area contributed by atoms with Crippen LogP contribution >= 0.6 is 0 Å². The van der Waals surface area contributed by atoms with E-state index in [1.807, 2.05) is 18.2 Å². The number of ketones is 1. The summed E-state index contributed by atoms with van der Waals surface area (Å²) in [6.07, 6.45) is 5.31. The minimum atomic E-state index is -0.262. The van der Waals surface area contributed by atoms with Gasteiger partial charge in [0.25, 0.3) is 0 Å². The average Bonchev–Trinajstić information content (AvgIpc) is 3.01. The molecule has 1 heterocycles. The number of rotatable bonds is 5. The molecule has 0 aliphatic rings. The molecule has 0 saturated carbocycles. The van der Waals surface area contributed by atoms with Crippen molar-refractivity contribution in [3.63, 3.8) is 0 Å². The molecule has 124 valence electrons. The lowest BCUT2D eigenvalue weighted by Gasteiger charge is -2.17. The highest BCUT2D eigenvalue weighted by Crippen LogP contribution is 2.25. The van der Waals surface area contributed by atoms with Crippen LogP contribution in [0.2, 0.25) is 0 Å². The van der Waals surface area contributed by atoms with Gasteiger partial charge in [-0.15, -0.1) is 0 Å². The fraction of sp³-hybridized carbons (Fsp3) is 0.350. The van der Waals surface area contributed by atoms with Crippen molar-refractivity contribution in [1.82, 2.24) is 10.2 Å². The fourth-order valence-corrected chi connectivity index (χ4v) is 2.58. The summed E-state index contributed by atoms with van der Waals surface area (Å²) in [4.78, 5) is 12.6. The summed E-state index contributed by atoms with van der Waals surface area (Å²) in [5, 5.41) is 16.4. The van der Waals surface area contributed by atoms with Crippen molar-refractivity contribution in [3.8, 4) is 6.07 Å². The Morgan fingerprint density at radius 1 is 1.29 bits per heavy atom. The molecule has 0 saturated heterocycles. The van der Waals surface area contributed by atoms with Crippen molar-refractivity contribution >= 4 is 11.9 Å². The molecule has 0 fully saturated rings. The number of nitriles is 1. The summed E-state index contributed by atoms with van der Waals surface area (Å²) in [5.41, 5.74) is 3.37. The SMILES string of the molecule is CCCc1ccc(C(=O)C(C#N)=Cc2cn[nH]c2C(C)(C)C)cc1. The molecule has 0 unspecified atom stereocenters. The topological polar surface area (TPSA) is 69.5 Å². The minimum absolute atomic E-state index is 0.116. The molecule has 0 bridgehead atoms.